The topological polar surface area (TPSA) is 305 Å². The molecule has 5 atom stereocenters. The fourth-order valence-electron chi connectivity index (χ4n) is 11.2. The van der Waals surface area contributed by atoms with Gasteiger partial charge in [0.25, 0.3) is 11.8 Å². The van der Waals surface area contributed by atoms with Gasteiger partial charge in [0.15, 0.2) is 35.2 Å². The van der Waals surface area contributed by atoms with Crippen LogP contribution in [0.5, 0.6) is 23.0 Å². The summed E-state index contributed by atoms with van der Waals surface area (Å²) in [7, 11) is 3.00. The Balaban J connectivity index is 0.799. The number of aliphatic imine (C=N–C) groups is 1. The Kier molecular flexibility index (Phi) is 19.7. The minimum absolute atomic E-state index is 0.0295. The molecule has 1 spiro atoms. The monoisotopic (exact) mass is 1180 g/mol. The van der Waals surface area contributed by atoms with Crippen molar-refractivity contribution in [3.8, 4) is 23.0 Å². The van der Waals surface area contributed by atoms with Gasteiger partial charge in [-0.25, -0.2) is 14.7 Å². The molecule has 0 radical (unpaired) electrons. The summed E-state index contributed by atoms with van der Waals surface area (Å²) in [6, 6.07) is 18.4. The molecule has 0 aromatic heterocycles. The van der Waals surface area contributed by atoms with Crippen molar-refractivity contribution in [1.82, 2.24) is 20.4 Å². The van der Waals surface area contributed by atoms with Crippen LogP contribution in [0.2, 0.25) is 0 Å². The molecule has 1 saturated heterocycles. The largest absolute Gasteiger partial charge is 0.493 e. The Morgan fingerprint density at radius 2 is 1.48 bits per heavy atom. The minimum atomic E-state index is -1.44. The zero-order valence-electron chi connectivity index (χ0n) is 49.4. The Morgan fingerprint density at radius 3 is 2.13 bits per heavy atom. The van der Waals surface area contributed by atoms with Crippen LogP contribution in [0, 0.1) is 11.3 Å². The third-order valence-corrected chi connectivity index (χ3v) is 16.3. The quantitative estimate of drug-likeness (QED) is 0.0157. The van der Waals surface area contributed by atoms with E-state index in [2.05, 4.69) is 26.7 Å². The van der Waals surface area contributed by atoms with Crippen LogP contribution in [0.3, 0.4) is 0 Å². The van der Waals surface area contributed by atoms with E-state index >= 15 is 0 Å². The number of hydrogen-bond donors (Lipinski definition) is 7. The first kappa shape index (κ1) is 61.7. The Bertz CT molecular complexity index is 3310. The van der Waals surface area contributed by atoms with Crippen molar-refractivity contribution in [1.29, 1.82) is 0 Å². The zero-order chi connectivity index (χ0) is 61.2. The highest BCUT2D eigenvalue weighted by atomic mass is 16.6. The lowest BCUT2D eigenvalue weighted by Gasteiger charge is -2.31. The maximum Gasteiger partial charge on any atom is 0.416 e. The number of nitrogens with two attached hydrogens (primary N) is 3. The molecule has 4 aliphatic heterocycles. The predicted molar refractivity (Wildman–Crippen MR) is 324 cm³/mol. The summed E-state index contributed by atoms with van der Waals surface area (Å²) in [6.07, 6.45) is 9.71. The fourth-order valence-corrected chi connectivity index (χ4v) is 11.2. The molecule has 4 aromatic carbocycles. The molecule has 22 heteroatoms. The van der Waals surface area contributed by atoms with Crippen molar-refractivity contribution in [3.63, 3.8) is 0 Å². The molecule has 0 bridgehead atoms. The molecule has 1 saturated carbocycles. The van der Waals surface area contributed by atoms with Crippen LogP contribution in [0.4, 0.5) is 16.2 Å². The number of methoxy groups -OCH3 is 2. The Labute approximate surface area is 500 Å². The van der Waals surface area contributed by atoms with Crippen molar-refractivity contribution in [2.24, 2.45) is 33.5 Å². The van der Waals surface area contributed by atoms with Crippen LogP contribution >= 0.6 is 0 Å². The number of aliphatic hydroxyl groups is 1. The molecule has 1 aliphatic carbocycles. The molecular weight excluding hydrogens is 1100 g/mol. The number of nitrogens with zero attached hydrogens (tertiary/aromatic N) is 4. The maximum absolute atomic E-state index is 14.4. The number of amides is 6. The highest BCUT2D eigenvalue weighted by molar-refractivity contribution is 6.06. The van der Waals surface area contributed by atoms with Crippen LogP contribution in [-0.2, 0) is 32.3 Å². The number of fused-ring (bicyclic) bond motifs is 4. The number of guanidine groups is 1. The number of hydrogen-bond acceptors (Lipinski definition) is 14. The highest BCUT2D eigenvalue weighted by Gasteiger charge is 2.58. The molecule has 9 rings (SSSR count). The molecule has 4 aromatic rings. The average Bonchev–Trinajstić information content (AvgIpc) is 1.65. The Hall–Kier alpha value is -8.85. The number of aliphatic hydroxyl groups excluding tert-OH is 1. The lowest BCUT2D eigenvalue weighted by molar-refractivity contribution is -0.131. The lowest BCUT2D eigenvalue weighted by Crippen LogP contribution is -2.53. The van der Waals surface area contributed by atoms with Crippen LogP contribution in [0.1, 0.15) is 128 Å². The fraction of sp³-hybridized carbons (Fsp3) is 0.438. The van der Waals surface area contributed by atoms with Crippen molar-refractivity contribution in [3.05, 3.63) is 124 Å². The first-order valence-corrected chi connectivity index (χ1v) is 29.3. The lowest BCUT2D eigenvalue weighted by atomic mass is 9.99. The van der Waals surface area contributed by atoms with E-state index in [9.17, 15) is 33.9 Å². The SMILES string of the molecule is COc1cc2c(cc1OCCCCCOc1cc3c(cc1OC)C(=O)N1CC4(CC4)C[C@H]1C(O)N3C(=O)OCc1ccc(NC(=O)[C@H](C)NC(=O)[C@@H](NC(=O)CCCCN)C(C)C)cc1)C=C=CC1CC(c3ccc(CN=C(N)N)cc3)=CN1C2=O. The van der Waals surface area contributed by atoms with Gasteiger partial charge in [0.05, 0.1) is 62.9 Å². The second kappa shape index (κ2) is 27.5. The zero-order valence-corrected chi connectivity index (χ0v) is 49.4. The molecule has 10 N–H and O–H groups in total. The number of anilines is 2. The number of unbranched alkanes of at least 4 members (excludes halogenated alkanes) is 3. The Morgan fingerprint density at radius 1 is 0.802 bits per heavy atom. The number of carbonyl (C=O) groups is 6. The first-order valence-electron chi connectivity index (χ1n) is 29.3. The van der Waals surface area contributed by atoms with Gasteiger partial charge in [0.1, 0.15) is 18.7 Å². The van der Waals surface area contributed by atoms with Gasteiger partial charge in [-0.05, 0) is 153 Å². The van der Waals surface area contributed by atoms with Crippen molar-refractivity contribution in [2.45, 2.75) is 129 Å². The van der Waals surface area contributed by atoms with Crippen LogP contribution in [-0.4, -0.2) is 127 Å². The van der Waals surface area contributed by atoms with E-state index in [1.165, 1.54) is 20.3 Å². The molecule has 456 valence electrons. The molecule has 86 heavy (non-hydrogen) atoms. The van der Waals surface area contributed by atoms with E-state index in [0.29, 0.717) is 105 Å². The maximum atomic E-state index is 14.4. The first-order chi connectivity index (χ1) is 41.4. The second-order valence-corrected chi connectivity index (χ2v) is 22.9. The number of carbonyl (C=O) groups excluding carboxylic acids is 6. The number of rotatable bonds is 25. The molecule has 22 nitrogen and oxygen atoms in total. The van der Waals surface area contributed by atoms with E-state index in [4.69, 9.17) is 40.9 Å². The van der Waals surface area contributed by atoms with Gasteiger partial charge in [-0.3, -0.25) is 24.0 Å². The highest BCUT2D eigenvalue weighted by Crippen LogP contribution is 2.57. The van der Waals surface area contributed by atoms with Gasteiger partial charge in [-0.15, -0.1) is 5.73 Å². The standard InChI is InChI=1S/C64H78N10O12/c1-38(2)56(71-55(75)14-7-8-25-65)58(77)69-39(3)57(76)70-45-21-17-41(18-22-45)36-86-63(81)74-49-32-54(52(83-5)31-48(49)60(79)73-37-64(23-24-64)33-50(73)61(74)80)85-27-10-6-9-26-84-53-29-43-12-11-13-46-28-44(35-72(46)59(78)47(43)30-51(53)82-4)42-19-15-40(16-20-42)34-68-62(66)67/h12-13,15-22,29-32,35,38-39,46,50,56,61,80H,6-10,14,23-28,33-34,36-37,65H2,1-5H3,(H,69,77)(H,70,76)(H,71,75)(H4,66,67,68)/t11?,39-,46?,50-,56-,61?/m0/s1. The normalized spacial score (nSPS) is 18.5. The minimum Gasteiger partial charge on any atom is -0.493 e. The van der Waals surface area contributed by atoms with E-state index in [0.717, 1.165) is 34.4 Å². The molecule has 4 heterocycles. The second-order valence-electron chi connectivity index (χ2n) is 22.9. The average molecular weight is 1180 g/mol. The molecule has 6 amide bonds. The van der Waals surface area contributed by atoms with E-state index < -0.39 is 42.3 Å². The molecular formula is C64H78N10O12. The van der Waals surface area contributed by atoms with E-state index in [1.54, 1.807) is 79.1 Å². The van der Waals surface area contributed by atoms with Gasteiger partial charge in [0.2, 0.25) is 17.7 Å². The number of nitrogens with one attached hydrogen (secondary N) is 3. The molecule has 5 aliphatic rings. The van der Waals surface area contributed by atoms with Gasteiger partial charge < -0.3 is 71.7 Å². The van der Waals surface area contributed by atoms with Crippen molar-refractivity contribution in [2.75, 3.05) is 50.7 Å². The number of ether oxygens (including phenoxy) is 5. The van der Waals surface area contributed by atoms with Crippen LogP contribution in [0.15, 0.2) is 95.8 Å². The summed E-state index contributed by atoms with van der Waals surface area (Å²) in [5.74, 6) is -0.504. The van der Waals surface area contributed by atoms with E-state index in [1.807, 2.05) is 36.5 Å². The molecule has 2 unspecified atom stereocenters. The summed E-state index contributed by atoms with van der Waals surface area (Å²) in [4.78, 5) is 90.3. The number of benzene rings is 4. The van der Waals surface area contributed by atoms with Crippen LogP contribution in [0.25, 0.3) is 11.6 Å². The third-order valence-electron chi connectivity index (χ3n) is 16.3. The summed E-state index contributed by atoms with van der Waals surface area (Å²) in [5, 5.41) is 20.4. The van der Waals surface area contributed by atoms with Crippen LogP contribution < -0.4 is 57.0 Å². The summed E-state index contributed by atoms with van der Waals surface area (Å²) in [6.45, 7) is 6.83. The third kappa shape index (κ3) is 14.4. The summed E-state index contributed by atoms with van der Waals surface area (Å²) in [5.41, 5.74) is 25.0. The predicted octanol–water partition coefficient (Wildman–Crippen LogP) is 6.73. The van der Waals surface area contributed by atoms with Crippen molar-refractivity contribution < 1.29 is 57.6 Å². The van der Waals surface area contributed by atoms with Gasteiger partial charge in [0, 0.05) is 30.9 Å². The summed E-state index contributed by atoms with van der Waals surface area (Å²) < 4.78 is 29.9. The summed E-state index contributed by atoms with van der Waals surface area (Å²) >= 11 is 0. The van der Waals surface area contributed by atoms with E-state index in [-0.39, 0.29) is 83.4 Å². The van der Waals surface area contributed by atoms with Crippen molar-refractivity contribution >= 4 is 64.6 Å². The smallest absolute Gasteiger partial charge is 0.416 e. The molecule has 2 fully saturated rings. The van der Waals surface area contributed by atoms with Gasteiger partial charge in [-0.1, -0.05) is 50.2 Å². The van der Waals surface area contributed by atoms with Gasteiger partial charge in [-0.2, -0.15) is 0 Å². The van der Waals surface area contributed by atoms with Gasteiger partial charge >= 0.3 is 6.09 Å².